The normalized spacial score (nSPS) is 33.2. The Hall–Kier alpha value is -2.75. The van der Waals surface area contributed by atoms with E-state index in [1.165, 1.54) is 4.90 Å². The Kier molecular flexibility index (Phi) is 7.37. The van der Waals surface area contributed by atoms with E-state index in [-0.39, 0.29) is 48.5 Å². The molecule has 5 aliphatic rings. The minimum atomic E-state index is -1.14. The zero-order chi connectivity index (χ0) is 28.2. The van der Waals surface area contributed by atoms with Gasteiger partial charge in [-0.3, -0.25) is 14.4 Å². The second-order valence-corrected chi connectivity index (χ2v) is 13.0. The van der Waals surface area contributed by atoms with E-state index in [4.69, 9.17) is 0 Å². The fourth-order valence-electron chi connectivity index (χ4n) is 7.86. The molecule has 3 unspecified atom stereocenters. The molecule has 214 valence electrons. The van der Waals surface area contributed by atoms with Crippen molar-refractivity contribution in [1.82, 2.24) is 20.0 Å². The van der Waals surface area contributed by atoms with Crippen molar-refractivity contribution in [2.24, 2.45) is 35.0 Å². The van der Waals surface area contributed by atoms with Crippen LogP contribution >= 0.6 is 0 Å². The van der Waals surface area contributed by atoms with Gasteiger partial charge in [0.2, 0.25) is 11.8 Å². The summed E-state index contributed by atoms with van der Waals surface area (Å²) >= 11 is 0. The molecular weight excluding hydrogens is 500 g/mol. The molecule has 3 saturated heterocycles. The first-order valence-corrected chi connectivity index (χ1v) is 14.5. The number of Topliss-reactive ketones (excluding diaryl/α,β-unsaturated/α-hetero) is 1. The lowest BCUT2D eigenvalue weighted by atomic mass is 9.70. The number of hydrogen-bond acceptors (Lipinski definition) is 6. The Labute approximate surface area is 230 Å². The molecule has 39 heavy (non-hydrogen) atoms. The highest BCUT2D eigenvalue weighted by Gasteiger charge is 2.57. The van der Waals surface area contributed by atoms with Crippen LogP contribution in [0.3, 0.4) is 0 Å². The van der Waals surface area contributed by atoms with E-state index in [1.54, 1.807) is 4.90 Å². The highest BCUT2D eigenvalue weighted by atomic mass is 16.4. The molecule has 5 rings (SSSR count). The fourth-order valence-corrected chi connectivity index (χ4v) is 7.86. The summed E-state index contributed by atoms with van der Waals surface area (Å²) in [6.07, 6.45) is 3.71. The number of piperazine rings is 1. The number of aliphatic carboxylic acids is 1. The molecule has 3 aliphatic heterocycles. The highest BCUT2D eigenvalue weighted by Crippen LogP contribution is 2.52. The maximum Gasteiger partial charge on any atom is 0.327 e. The number of likely N-dealkylation sites (tertiary alicyclic amines) is 1. The van der Waals surface area contributed by atoms with Gasteiger partial charge in [-0.15, -0.1) is 0 Å². The number of nitrogens with one attached hydrogen (secondary N) is 1. The number of hydrogen-bond donors (Lipinski definition) is 2. The van der Waals surface area contributed by atoms with Crippen molar-refractivity contribution >= 4 is 29.6 Å². The number of carbonyl (C=O) groups excluding carboxylic acids is 4. The van der Waals surface area contributed by atoms with Crippen LogP contribution in [0.1, 0.15) is 59.8 Å². The number of β-lactam (4-membered cyclic amide) rings is 1. The summed E-state index contributed by atoms with van der Waals surface area (Å²) in [5, 5.41) is 13.1. The van der Waals surface area contributed by atoms with E-state index in [1.807, 2.05) is 20.8 Å². The summed E-state index contributed by atoms with van der Waals surface area (Å²) in [6.45, 7) is 10.9. The zero-order valence-corrected chi connectivity index (χ0v) is 23.6. The number of urea groups is 1. The number of ketones is 1. The molecule has 4 fully saturated rings. The molecule has 0 spiro atoms. The Morgan fingerprint density at radius 2 is 1.64 bits per heavy atom. The maximum absolute atomic E-state index is 13.8. The van der Waals surface area contributed by atoms with Gasteiger partial charge < -0.3 is 20.2 Å². The molecule has 1 saturated carbocycles. The predicted octanol–water partition coefficient (Wildman–Crippen LogP) is 2.14. The monoisotopic (exact) mass is 542 g/mol. The smallest absolute Gasteiger partial charge is 0.327 e. The van der Waals surface area contributed by atoms with Gasteiger partial charge in [-0.05, 0) is 69.5 Å². The van der Waals surface area contributed by atoms with Crippen molar-refractivity contribution in [1.29, 1.82) is 0 Å². The van der Waals surface area contributed by atoms with Crippen molar-refractivity contribution in [3.63, 3.8) is 0 Å². The Balaban J connectivity index is 1.21. The third-order valence-electron chi connectivity index (χ3n) is 9.96. The molecule has 2 aliphatic carbocycles. The average molecular weight is 543 g/mol. The Morgan fingerprint density at radius 1 is 1.03 bits per heavy atom. The maximum atomic E-state index is 13.8. The number of nitrogens with zero attached hydrogens (tertiary/aromatic N) is 3. The number of carbonyl (C=O) groups is 5. The number of rotatable bonds is 4. The number of amides is 4. The lowest BCUT2D eigenvalue weighted by molar-refractivity contribution is -0.167. The van der Waals surface area contributed by atoms with Crippen molar-refractivity contribution in [2.75, 3.05) is 39.3 Å². The molecule has 10 heteroatoms. The molecule has 3 heterocycles. The molecule has 4 amide bonds. The summed E-state index contributed by atoms with van der Waals surface area (Å²) in [5.74, 6) is -1.93. The average Bonchev–Trinajstić information content (AvgIpc) is 3.14. The summed E-state index contributed by atoms with van der Waals surface area (Å²) in [6, 6.07) is -1.70. The first kappa shape index (κ1) is 27.8. The second kappa shape index (κ2) is 10.3. The molecule has 5 atom stereocenters. The van der Waals surface area contributed by atoms with E-state index in [2.05, 4.69) is 12.2 Å². The van der Waals surface area contributed by atoms with Crippen LogP contribution < -0.4 is 5.32 Å². The van der Waals surface area contributed by atoms with Gasteiger partial charge >= 0.3 is 12.0 Å². The van der Waals surface area contributed by atoms with E-state index in [0.29, 0.717) is 25.9 Å². The minimum absolute atomic E-state index is 0.0283. The molecule has 10 nitrogen and oxygen atoms in total. The lowest BCUT2D eigenvalue weighted by Gasteiger charge is -2.47. The van der Waals surface area contributed by atoms with Crippen LogP contribution in [0.25, 0.3) is 0 Å². The van der Waals surface area contributed by atoms with Gasteiger partial charge in [-0.25, -0.2) is 14.5 Å². The zero-order valence-electron chi connectivity index (χ0n) is 23.6. The number of carboxylic acids is 1. The third kappa shape index (κ3) is 4.78. The largest absolute Gasteiger partial charge is 0.480 e. The van der Waals surface area contributed by atoms with Gasteiger partial charge in [0.05, 0.1) is 5.92 Å². The fraction of sp³-hybridized carbons (Fsp3) is 0.759. The number of fused-ring (bicyclic) bond motifs is 1. The van der Waals surface area contributed by atoms with E-state index in [9.17, 15) is 29.1 Å². The number of allylic oxidation sites excluding steroid dienone is 2. The number of imide groups is 1. The molecule has 2 N–H and O–H groups in total. The van der Waals surface area contributed by atoms with Gasteiger partial charge in [0.25, 0.3) is 0 Å². The summed E-state index contributed by atoms with van der Waals surface area (Å²) in [5.41, 5.74) is 1.49. The lowest BCUT2D eigenvalue weighted by Crippen LogP contribution is -2.69. The van der Waals surface area contributed by atoms with Gasteiger partial charge in [-0.2, -0.15) is 0 Å². The van der Waals surface area contributed by atoms with Crippen molar-refractivity contribution in [3.8, 4) is 0 Å². The SMILES string of the molecule is CC1=C2C(=O)C(C)(C)CC2C(C(=O)N2CCN(C(=O)N3C(=O)[C@H](CC4CCNCC4)[C@H]3C(=O)O)CC2)C(C)C1. The van der Waals surface area contributed by atoms with Gasteiger partial charge in [-0.1, -0.05) is 26.3 Å². The van der Waals surface area contributed by atoms with Crippen molar-refractivity contribution < 1.29 is 29.1 Å². The molecule has 0 aromatic heterocycles. The number of carboxylic acid groups (broad SMARTS) is 1. The second-order valence-electron chi connectivity index (χ2n) is 13.0. The van der Waals surface area contributed by atoms with Crippen LogP contribution in [0, 0.1) is 35.0 Å². The summed E-state index contributed by atoms with van der Waals surface area (Å²) in [4.78, 5) is 69.3. The van der Waals surface area contributed by atoms with Crippen molar-refractivity contribution in [2.45, 2.75) is 65.8 Å². The summed E-state index contributed by atoms with van der Waals surface area (Å²) < 4.78 is 0. The van der Waals surface area contributed by atoms with Crippen LogP contribution in [0.5, 0.6) is 0 Å². The van der Waals surface area contributed by atoms with E-state index in [0.717, 1.165) is 48.4 Å². The number of piperidine rings is 1. The molecule has 0 aromatic carbocycles. The highest BCUT2D eigenvalue weighted by molar-refractivity contribution is 6.07. The molecule has 0 bridgehead atoms. The Morgan fingerprint density at radius 3 is 2.26 bits per heavy atom. The Bertz CT molecular complexity index is 1100. The van der Waals surface area contributed by atoms with Crippen molar-refractivity contribution in [3.05, 3.63) is 11.1 Å². The third-order valence-corrected chi connectivity index (χ3v) is 9.96. The van der Waals surface area contributed by atoms with Gasteiger partial charge in [0.1, 0.15) is 0 Å². The van der Waals surface area contributed by atoms with Crippen LogP contribution in [0.4, 0.5) is 4.79 Å². The first-order chi connectivity index (χ1) is 18.4. The van der Waals surface area contributed by atoms with Crippen LogP contribution in [0.2, 0.25) is 0 Å². The quantitative estimate of drug-likeness (QED) is 0.521. The van der Waals surface area contributed by atoms with Crippen LogP contribution in [-0.2, 0) is 19.2 Å². The topological polar surface area (TPSA) is 127 Å². The molecular formula is C29H42N4O6. The van der Waals surface area contributed by atoms with E-state index >= 15 is 0 Å². The van der Waals surface area contributed by atoms with Crippen LogP contribution in [-0.4, -0.2) is 94.7 Å². The molecule has 0 aromatic rings. The first-order valence-electron chi connectivity index (χ1n) is 14.5. The van der Waals surface area contributed by atoms with E-state index < -0.39 is 35.3 Å². The molecule has 0 radical (unpaired) electrons. The van der Waals surface area contributed by atoms with Gasteiger partial charge in [0.15, 0.2) is 11.8 Å². The van der Waals surface area contributed by atoms with Gasteiger partial charge in [0, 0.05) is 43.4 Å². The minimum Gasteiger partial charge on any atom is -0.480 e. The standard InChI is InChI=1S/C29H42N4O6/c1-16-13-17(2)22(20-15-29(3,4)24(34)21(16)20)26(36)31-9-11-32(12-10-31)28(39)33-23(27(37)38)19(25(33)35)14-18-5-7-30-8-6-18/h17-20,22-23,30H,5-15H2,1-4H3,(H,37,38)/t17?,19-,20?,22?,23+/m1/s1. The summed E-state index contributed by atoms with van der Waals surface area (Å²) in [7, 11) is 0. The predicted molar refractivity (Wildman–Crippen MR) is 142 cm³/mol. The van der Waals surface area contributed by atoms with Crippen LogP contribution in [0.15, 0.2) is 11.1 Å².